The Balaban J connectivity index is 1.60. The highest BCUT2D eigenvalue weighted by atomic mass is 79.9. The Bertz CT molecular complexity index is 866. The molecule has 1 heterocycles. The van der Waals surface area contributed by atoms with Crippen molar-refractivity contribution in [3.8, 4) is 6.07 Å². The molecule has 1 aliphatic heterocycles. The van der Waals surface area contributed by atoms with Crippen LogP contribution >= 0.6 is 15.9 Å². The number of halogens is 1. The second kappa shape index (κ2) is 7.56. The number of rotatable bonds is 4. The summed E-state index contributed by atoms with van der Waals surface area (Å²) in [6, 6.07) is 16.2. The first-order valence-corrected chi connectivity index (χ1v) is 10.3. The lowest BCUT2D eigenvalue weighted by atomic mass is 10.1. The summed E-state index contributed by atoms with van der Waals surface area (Å²) < 4.78 is 28.6. The lowest BCUT2D eigenvalue weighted by Gasteiger charge is -2.33. The van der Waals surface area contributed by atoms with E-state index in [2.05, 4.69) is 31.6 Å². The van der Waals surface area contributed by atoms with Crippen LogP contribution in [0, 0.1) is 11.3 Å². The van der Waals surface area contributed by atoms with Crippen LogP contribution in [0.1, 0.15) is 18.4 Å². The van der Waals surface area contributed by atoms with E-state index >= 15 is 0 Å². The molecule has 0 aromatic heterocycles. The third kappa shape index (κ3) is 4.40. The minimum absolute atomic E-state index is 0.0664. The summed E-state index contributed by atoms with van der Waals surface area (Å²) >= 11 is 3.31. The van der Waals surface area contributed by atoms with Crippen LogP contribution in [-0.2, 0) is 10.0 Å². The number of piperidine rings is 1. The van der Waals surface area contributed by atoms with E-state index in [-0.39, 0.29) is 10.9 Å². The molecular weight excluding hydrogens is 402 g/mol. The first-order chi connectivity index (χ1) is 12.0. The Hall–Kier alpha value is -1.88. The van der Waals surface area contributed by atoms with E-state index in [0.717, 1.165) is 36.1 Å². The van der Waals surface area contributed by atoms with Crippen LogP contribution in [0.4, 0.5) is 5.69 Å². The number of nitriles is 1. The number of anilines is 1. The monoisotopic (exact) mass is 419 g/mol. The van der Waals surface area contributed by atoms with E-state index in [1.54, 1.807) is 36.4 Å². The second-order valence-electron chi connectivity index (χ2n) is 6.00. The molecule has 0 spiro atoms. The summed E-state index contributed by atoms with van der Waals surface area (Å²) in [6.07, 6.45) is 1.49. The Labute approximate surface area is 156 Å². The minimum Gasteiger partial charge on any atom is -0.371 e. The van der Waals surface area contributed by atoms with Crippen LogP contribution < -0.4 is 9.62 Å². The average Bonchev–Trinajstić information content (AvgIpc) is 2.62. The molecule has 0 unspecified atom stereocenters. The predicted molar refractivity (Wildman–Crippen MR) is 101 cm³/mol. The molecule has 3 rings (SSSR count). The van der Waals surface area contributed by atoms with Gasteiger partial charge in [-0.3, -0.25) is 0 Å². The summed E-state index contributed by atoms with van der Waals surface area (Å²) in [5, 5.41) is 8.86. The molecule has 1 fully saturated rings. The summed E-state index contributed by atoms with van der Waals surface area (Å²) in [7, 11) is -3.49. The van der Waals surface area contributed by atoms with Gasteiger partial charge in [-0.25, -0.2) is 13.1 Å². The van der Waals surface area contributed by atoms with Gasteiger partial charge in [0.15, 0.2) is 0 Å². The highest BCUT2D eigenvalue weighted by Crippen LogP contribution is 2.22. The molecule has 1 aliphatic rings. The van der Waals surface area contributed by atoms with Crippen molar-refractivity contribution in [2.75, 3.05) is 18.0 Å². The topological polar surface area (TPSA) is 73.2 Å². The molecule has 130 valence electrons. The van der Waals surface area contributed by atoms with E-state index in [9.17, 15) is 8.42 Å². The van der Waals surface area contributed by atoms with Crippen molar-refractivity contribution in [3.05, 3.63) is 58.6 Å². The van der Waals surface area contributed by atoms with Crippen LogP contribution in [0.15, 0.2) is 57.9 Å². The van der Waals surface area contributed by atoms with Crippen LogP contribution in [-0.4, -0.2) is 27.5 Å². The summed E-state index contributed by atoms with van der Waals surface area (Å²) in [4.78, 5) is 2.50. The van der Waals surface area contributed by atoms with Gasteiger partial charge in [-0.2, -0.15) is 5.26 Å². The molecule has 0 aliphatic carbocycles. The first-order valence-electron chi connectivity index (χ1n) is 8.01. The molecule has 2 aromatic rings. The molecule has 0 saturated carbocycles. The molecule has 0 amide bonds. The molecule has 1 saturated heterocycles. The molecule has 7 heteroatoms. The van der Waals surface area contributed by atoms with E-state index in [1.165, 1.54) is 0 Å². The largest absolute Gasteiger partial charge is 0.371 e. The summed E-state index contributed by atoms with van der Waals surface area (Å²) in [5.74, 6) is 0. The molecule has 0 atom stereocenters. The number of nitrogens with one attached hydrogen (secondary N) is 1. The molecule has 0 radical (unpaired) electrons. The van der Waals surface area contributed by atoms with Crippen LogP contribution in [0.3, 0.4) is 0 Å². The Morgan fingerprint density at radius 2 is 1.64 bits per heavy atom. The maximum absolute atomic E-state index is 12.5. The van der Waals surface area contributed by atoms with Crippen molar-refractivity contribution in [2.45, 2.75) is 23.8 Å². The van der Waals surface area contributed by atoms with E-state index in [1.807, 2.05) is 12.1 Å². The Morgan fingerprint density at radius 1 is 1.04 bits per heavy atom. The number of benzene rings is 2. The van der Waals surface area contributed by atoms with Gasteiger partial charge in [0.05, 0.1) is 16.5 Å². The summed E-state index contributed by atoms with van der Waals surface area (Å²) in [5.41, 5.74) is 1.70. The van der Waals surface area contributed by atoms with E-state index < -0.39 is 10.0 Å². The van der Waals surface area contributed by atoms with Crippen molar-refractivity contribution in [3.63, 3.8) is 0 Å². The van der Waals surface area contributed by atoms with Gasteiger partial charge in [-0.05, 0) is 61.4 Å². The van der Waals surface area contributed by atoms with Crippen molar-refractivity contribution < 1.29 is 8.42 Å². The third-order valence-corrected chi connectivity index (χ3v) is 6.37. The third-order valence-electron chi connectivity index (χ3n) is 4.30. The zero-order chi connectivity index (χ0) is 17.9. The fraction of sp³-hybridized carbons (Fsp3) is 0.278. The van der Waals surface area contributed by atoms with Gasteiger partial charge in [0.2, 0.25) is 10.0 Å². The van der Waals surface area contributed by atoms with Gasteiger partial charge < -0.3 is 4.90 Å². The smallest absolute Gasteiger partial charge is 0.240 e. The molecular formula is C18H18BrN3O2S. The van der Waals surface area contributed by atoms with Gasteiger partial charge in [-0.15, -0.1) is 0 Å². The highest BCUT2D eigenvalue weighted by molar-refractivity contribution is 9.10. The van der Waals surface area contributed by atoms with Gasteiger partial charge >= 0.3 is 0 Å². The number of hydrogen-bond donors (Lipinski definition) is 1. The Morgan fingerprint density at radius 3 is 2.20 bits per heavy atom. The number of nitrogens with zero attached hydrogens (tertiary/aromatic N) is 2. The quantitative estimate of drug-likeness (QED) is 0.824. The lowest BCUT2D eigenvalue weighted by molar-refractivity contribution is 0.460. The first kappa shape index (κ1) is 17.9. The van der Waals surface area contributed by atoms with E-state index in [4.69, 9.17) is 5.26 Å². The minimum atomic E-state index is -3.49. The fourth-order valence-electron chi connectivity index (χ4n) is 2.90. The van der Waals surface area contributed by atoms with Crippen molar-refractivity contribution in [1.82, 2.24) is 4.72 Å². The molecule has 5 nitrogen and oxygen atoms in total. The summed E-state index contributed by atoms with van der Waals surface area (Å²) in [6.45, 7) is 1.55. The Kier molecular flexibility index (Phi) is 5.42. The standard InChI is InChI=1S/C18H18BrN3O2S/c19-15-3-7-18(8-4-15)25(23,24)21-16-9-11-22(12-10-16)17-5-1-14(13-20)2-6-17/h1-8,16,21H,9-12H2. The van der Waals surface area contributed by atoms with Gasteiger partial charge in [-0.1, -0.05) is 15.9 Å². The average molecular weight is 420 g/mol. The van der Waals surface area contributed by atoms with Crippen LogP contribution in [0.2, 0.25) is 0 Å². The van der Waals surface area contributed by atoms with Crippen LogP contribution in [0.25, 0.3) is 0 Å². The van der Waals surface area contributed by atoms with E-state index in [0.29, 0.717) is 5.56 Å². The number of hydrogen-bond acceptors (Lipinski definition) is 4. The second-order valence-corrected chi connectivity index (χ2v) is 8.62. The van der Waals surface area contributed by atoms with Crippen LogP contribution in [0.5, 0.6) is 0 Å². The number of sulfonamides is 1. The maximum atomic E-state index is 12.5. The van der Waals surface area contributed by atoms with Gasteiger partial charge in [0.1, 0.15) is 0 Å². The fourth-order valence-corrected chi connectivity index (χ4v) is 4.47. The molecule has 1 N–H and O–H groups in total. The molecule has 25 heavy (non-hydrogen) atoms. The lowest BCUT2D eigenvalue weighted by Crippen LogP contribution is -2.44. The van der Waals surface area contributed by atoms with Crippen molar-refractivity contribution in [2.24, 2.45) is 0 Å². The molecule has 2 aromatic carbocycles. The maximum Gasteiger partial charge on any atom is 0.240 e. The highest BCUT2D eigenvalue weighted by Gasteiger charge is 2.24. The van der Waals surface area contributed by atoms with Crippen molar-refractivity contribution in [1.29, 1.82) is 5.26 Å². The predicted octanol–water partition coefficient (Wildman–Crippen LogP) is 3.27. The zero-order valence-corrected chi connectivity index (χ0v) is 15.9. The van der Waals surface area contributed by atoms with Gasteiger partial charge in [0, 0.05) is 29.3 Å². The van der Waals surface area contributed by atoms with Crippen molar-refractivity contribution >= 4 is 31.6 Å². The SMILES string of the molecule is N#Cc1ccc(N2CCC(NS(=O)(=O)c3ccc(Br)cc3)CC2)cc1. The van der Waals surface area contributed by atoms with Gasteiger partial charge in [0.25, 0.3) is 0 Å². The normalized spacial score (nSPS) is 15.8. The molecule has 0 bridgehead atoms. The zero-order valence-electron chi connectivity index (χ0n) is 13.5.